The van der Waals surface area contributed by atoms with E-state index in [2.05, 4.69) is 20.5 Å². The minimum atomic E-state index is -0.129. The number of aliphatic hydroxyl groups is 2. The van der Waals surface area contributed by atoms with Gasteiger partial charge in [0.25, 0.3) is 0 Å². The molecule has 1 aromatic heterocycles. The van der Waals surface area contributed by atoms with Crippen molar-refractivity contribution in [3.63, 3.8) is 0 Å². The minimum Gasteiger partial charge on any atom is -0.397 e. The Bertz CT molecular complexity index is 949. The highest BCUT2D eigenvalue weighted by Gasteiger charge is 2.20. The first-order chi connectivity index (χ1) is 13.4. The molecule has 12 heteroatoms. The minimum absolute atomic E-state index is 0.0642. The van der Waals surface area contributed by atoms with Crippen LogP contribution in [0.4, 0.5) is 34.3 Å². The van der Waals surface area contributed by atoms with Crippen LogP contribution in [0.3, 0.4) is 0 Å². The van der Waals surface area contributed by atoms with E-state index in [0.717, 1.165) is 0 Å². The number of hydrogen-bond acceptors (Lipinski definition) is 10. The Hall–Kier alpha value is -3.64. The number of nitrogens with zero attached hydrogens (tertiary/aromatic N) is 5. The van der Waals surface area contributed by atoms with Crippen molar-refractivity contribution in [1.82, 2.24) is 14.8 Å². The van der Waals surface area contributed by atoms with Crippen LogP contribution in [0.1, 0.15) is 0 Å². The van der Waals surface area contributed by atoms with Gasteiger partial charge >= 0.3 is 0 Å². The quantitative estimate of drug-likeness (QED) is 0.314. The summed E-state index contributed by atoms with van der Waals surface area (Å²) in [5.74, 6) is 0.414. The van der Waals surface area contributed by atoms with Crippen LogP contribution in [0, 0.1) is 5.41 Å². The molecular formula is C16H22N10O2. The molecule has 0 amide bonds. The van der Waals surface area contributed by atoms with Crippen molar-refractivity contribution in [3.8, 4) is 0 Å². The summed E-state index contributed by atoms with van der Waals surface area (Å²) in [7, 11) is 0. The lowest BCUT2D eigenvalue weighted by Gasteiger charge is -2.13. The zero-order chi connectivity index (χ0) is 20.3. The molecule has 28 heavy (non-hydrogen) atoms. The monoisotopic (exact) mass is 386 g/mol. The Morgan fingerprint density at radius 2 is 1.82 bits per heavy atom. The first kappa shape index (κ1) is 19.1. The van der Waals surface area contributed by atoms with Gasteiger partial charge in [-0.2, -0.15) is 10.2 Å². The van der Waals surface area contributed by atoms with Crippen molar-refractivity contribution in [1.29, 1.82) is 5.41 Å². The fourth-order valence-corrected chi connectivity index (χ4v) is 2.59. The van der Waals surface area contributed by atoms with Crippen LogP contribution < -0.4 is 22.5 Å². The van der Waals surface area contributed by atoms with Crippen molar-refractivity contribution in [2.45, 2.75) is 6.54 Å². The van der Waals surface area contributed by atoms with Gasteiger partial charge in [-0.3, -0.25) is 5.41 Å². The van der Waals surface area contributed by atoms with Crippen molar-refractivity contribution < 1.29 is 10.2 Å². The second-order valence-electron chi connectivity index (χ2n) is 5.95. The van der Waals surface area contributed by atoms with Crippen molar-refractivity contribution in [2.24, 2.45) is 10.1 Å². The van der Waals surface area contributed by atoms with E-state index >= 15 is 0 Å². The zero-order valence-electron chi connectivity index (χ0n) is 15.0. The van der Waals surface area contributed by atoms with Crippen LogP contribution >= 0.6 is 0 Å². The smallest absolute Gasteiger partial charge is 0.169 e. The summed E-state index contributed by atoms with van der Waals surface area (Å²) < 4.78 is 1.46. The lowest BCUT2D eigenvalue weighted by Crippen LogP contribution is -2.28. The van der Waals surface area contributed by atoms with Crippen molar-refractivity contribution in [2.75, 3.05) is 42.3 Å². The van der Waals surface area contributed by atoms with Crippen molar-refractivity contribution in [3.05, 3.63) is 18.3 Å². The molecule has 0 saturated heterocycles. The first-order valence-electron chi connectivity index (χ1n) is 8.42. The summed E-state index contributed by atoms with van der Waals surface area (Å²) >= 11 is 0. The number of hydrogen-bond donors (Lipinski definition) is 7. The van der Waals surface area contributed by atoms with E-state index in [-0.39, 0.29) is 32.1 Å². The molecule has 0 bridgehead atoms. The van der Waals surface area contributed by atoms with Gasteiger partial charge in [0.05, 0.1) is 61.5 Å². The van der Waals surface area contributed by atoms with E-state index in [1.165, 1.54) is 22.1 Å². The molecule has 12 nitrogen and oxygen atoms in total. The van der Waals surface area contributed by atoms with Crippen LogP contribution in [0.2, 0.25) is 0 Å². The first-order valence-corrected chi connectivity index (χ1v) is 8.42. The predicted octanol–water partition coefficient (Wildman–Crippen LogP) is -0.291. The second-order valence-corrected chi connectivity index (χ2v) is 5.95. The fraction of sp³-hybridized carbons (Fsp3) is 0.250. The lowest BCUT2D eigenvalue weighted by molar-refractivity contribution is 0.255. The molecule has 0 saturated carbocycles. The molecule has 148 valence electrons. The molecule has 0 aliphatic carbocycles. The number of anilines is 5. The van der Waals surface area contributed by atoms with Gasteiger partial charge in [-0.1, -0.05) is 0 Å². The highest BCUT2D eigenvalue weighted by Crippen LogP contribution is 2.34. The SMILES string of the molecule is N=C1C(=Nc2cc(Nc3cnn(CCO)c3N)c(N)cc2N)C=NN1CCO. The molecule has 2 heterocycles. The van der Waals surface area contributed by atoms with Gasteiger partial charge in [0.2, 0.25) is 0 Å². The maximum Gasteiger partial charge on any atom is 0.169 e. The fourth-order valence-electron chi connectivity index (χ4n) is 2.59. The molecule has 0 atom stereocenters. The molecule has 3 rings (SSSR count). The van der Waals surface area contributed by atoms with E-state index in [1.54, 1.807) is 12.1 Å². The average molecular weight is 386 g/mol. The number of nitrogens with one attached hydrogen (secondary N) is 2. The number of β-amino-alcohol motifs (C(OH)–C–C–N with tert-alkyl or cyclic N) is 1. The molecule has 2 aromatic rings. The Kier molecular flexibility index (Phi) is 5.42. The third kappa shape index (κ3) is 3.72. The molecular weight excluding hydrogens is 364 g/mol. The number of hydrazone groups is 1. The van der Waals surface area contributed by atoms with Gasteiger partial charge in [0, 0.05) is 0 Å². The van der Waals surface area contributed by atoms with Gasteiger partial charge in [-0.05, 0) is 12.1 Å². The Morgan fingerprint density at radius 3 is 2.54 bits per heavy atom. The normalized spacial score (nSPS) is 15.0. The van der Waals surface area contributed by atoms with Crippen LogP contribution in [0.25, 0.3) is 0 Å². The third-order valence-electron chi connectivity index (χ3n) is 4.03. The van der Waals surface area contributed by atoms with E-state index in [1.807, 2.05) is 0 Å². The summed E-state index contributed by atoms with van der Waals surface area (Å²) in [4.78, 5) is 4.39. The number of nitrogens with two attached hydrogens (primary N) is 3. The van der Waals surface area contributed by atoms with E-state index in [0.29, 0.717) is 40.0 Å². The average Bonchev–Trinajstić information content (AvgIpc) is 3.17. The van der Waals surface area contributed by atoms with E-state index in [4.69, 9.17) is 32.8 Å². The molecule has 1 aliphatic rings. The molecule has 10 N–H and O–H groups in total. The summed E-state index contributed by atoms with van der Waals surface area (Å²) in [6.07, 6.45) is 2.95. The molecule has 1 aromatic carbocycles. The number of benzene rings is 1. The topological polar surface area (TPSA) is 200 Å². The Morgan fingerprint density at radius 1 is 1.07 bits per heavy atom. The molecule has 0 fully saturated rings. The number of nitrogen functional groups attached to an aromatic ring is 3. The zero-order valence-corrected chi connectivity index (χ0v) is 15.0. The highest BCUT2D eigenvalue weighted by molar-refractivity contribution is 6.63. The molecule has 0 radical (unpaired) electrons. The van der Waals surface area contributed by atoms with Gasteiger partial charge in [0.1, 0.15) is 17.2 Å². The standard InChI is InChI=1S/C16H22N10O2/c17-9-5-10(18)12(24-14-8-22-26(2-4-28)16(14)20)6-11(9)23-13-7-21-25(1-3-27)15(13)19/h5-8,19,24,27-28H,1-4,17-18,20H2. The van der Waals surface area contributed by atoms with Crippen LogP contribution in [0.15, 0.2) is 28.4 Å². The number of aromatic nitrogens is 2. The predicted molar refractivity (Wildman–Crippen MR) is 109 cm³/mol. The maximum absolute atomic E-state index is 9.03. The van der Waals surface area contributed by atoms with Gasteiger partial charge in [0.15, 0.2) is 5.84 Å². The number of aliphatic hydroxyl groups excluding tert-OH is 2. The van der Waals surface area contributed by atoms with E-state index < -0.39 is 0 Å². The highest BCUT2D eigenvalue weighted by atomic mass is 16.3. The number of rotatable bonds is 7. The largest absolute Gasteiger partial charge is 0.397 e. The Labute approximate surface area is 160 Å². The third-order valence-corrected chi connectivity index (χ3v) is 4.03. The van der Waals surface area contributed by atoms with Crippen LogP contribution in [0.5, 0.6) is 0 Å². The molecule has 0 unspecified atom stereocenters. The van der Waals surface area contributed by atoms with Crippen LogP contribution in [-0.4, -0.2) is 62.5 Å². The van der Waals surface area contributed by atoms with Gasteiger partial charge in [-0.15, -0.1) is 0 Å². The van der Waals surface area contributed by atoms with Crippen molar-refractivity contribution >= 4 is 52.0 Å². The summed E-state index contributed by atoms with van der Waals surface area (Å²) in [6, 6.07) is 3.19. The van der Waals surface area contributed by atoms with E-state index in [9.17, 15) is 0 Å². The Balaban J connectivity index is 1.89. The summed E-state index contributed by atoms with van der Waals surface area (Å²) in [6.45, 7) is 0.263. The maximum atomic E-state index is 9.03. The van der Waals surface area contributed by atoms with Crippen LogP contribution in [-0.2, 0) is 6.54 Å². The summed E-state index contributed by atoms with van der Waals surface area (Å²) in [5.41, 5.74) is 20.5. The van der Waals surface area contributed by atoms with Gasteiger partial charge < -0.3 is 32.7 Å². The number of amidine groups is 1. The molecule has 1 aliphatic heterocycles. The number of aliphatic imine (C=N–C) groups is 1. The lowest BCUT2D eigenvalue weighted by atomic mass is 10.2. The molecule has 0 spiro atoms. The summed E-state index contributed by atoms with van der Waals surface area (Å²) in [5, 5.41) is 38.6. The van der Waals surface area contributed by atoms with Gasteiger partial charge in [-0.25, -0.2) is 14.7 Å². The second kappa shape index (κ2) is 7.94.